The maximum absolute atomic E-state index is 11.9. The molecular formula is C12H16N4O5S. The van der Waals surface area contributed by atoms with Crippen LogP contribution in [0.2, 0.25) is 0 Å². The van der Waals surface area contributed by atoms with Gasteiger partial charge in [0.25, 0.3) is 11.6 Å². The highest BCUT2D eigenvalue weighted by atomic mass is 32.2. The van der Waals surface area contributed by atoms with Gasteiger partial charge in [0, 0.05) is 17.8 Å². The standard InChI is InChI=1S/C12H16N4O5S/c1-3-9(2)14-15-12(17)8-13-22(20,21)11-6-4-10(5-7-11)16(18)19/h4-7,13H,3,8H2,1-2H3,(H,15,17). The molecule has 1 amide bonds. The summed E-state index contributed by atoms with van der Waals surface area (Å²) >= 11 is 0. The predicted octanol–water partition coefficient (Wildman–Crippen LogP) is 0.775. The molecule has 10 heteroatoms. The van der Waals surface area contributed by atoms with Crippen LogP contribution in [0.3, 0.4) is 0 Å². The zero-order valence-electron chi connectivity index (χ0n) is 12.1. The lowest BCUT2D eigenvalue weighted by Gasteiger charge is -2.06. The van der Waals surface area contributed by atoms with E-state index in [-0.39, 0.29) is 10.6 Å². The average molecular weight is 328 g/mol. The van der Waals surface area contributed by atoms with Crippen LogP contribution in [0.15, 0.2) is 34.3 Å². The lowest BCUT2D eigenvalue weighted by molar-refractivity contribution is -0.384. The molecule has 0 aliphatic rings. The molecule has 9 nitrogen and oxygen atoms in total. The highest BCUT2D eigenvalue weighted by Crippen LogP contribution is 2.15. The predicted molar refractivity (Wildman–Crippen MR) is 79.8 cm³/mol. The van der Waals surface area contributed by atoms with Gasteiger partial charge in [0.05, 0.1) is 16.4 Å². The average Bonchev–Trinajstić information content (AvgIpc) is 2.50. The van der Waals surface area contributed by atoms with Crippen LogP contribution in [0.5, 0.6) is 0 Å². The summed E-state index contributed by atoms with van der Waals surface area (Å²) in [5, 5.41) is 14.3. The lowest BCUT2D eigenvalue weighted by atomic mass is 10.3. The number of sulfonamides is 1. The van der Waals surface area contributed by atoms with Crippen LogP contribution in [0.1, 0.15) is 20.3 Å². The third-order valence-electron chi connectivity index (χ3n) is 2.66. The lowest BCUT2D eigenvalue weighted by Crippen LogP contribution is -2.35. The van der Waals surface area contributed by atoms with Crippen LogP contribution < -0.4 is 10.1 Å². The number of nitrogens with zero attached hydrogens (tertiary/aromatic N) is 2. The number of amides is 1. The van der Waals surface area contributed by atoms with Crippen LogP contribution in [-0.2, 0) is 14.8 Å². The van der Waals surface area contributed by atoms with Gasteiger partial charge in [-0.15, -0.1) is 0 Å². The fraction of sp³-hybridized carbons (Fsp3) is 0.333. The zero-order chi connectivity index (χ0) is 16.8. The molecule has 0 atom stereocenters. The Bertz CT molecular complexity index is 682. The Kier molecular flexibility index (Phi) is 6.13. The molecular weight excluding hydrogens is 312 g/mol. The largest absolute Gasteiger partial charge is 0.272 e. The fourth-order valence-corrected chi connectivity index (χ4v) is 2.25. The maximum Gasteiger partial charge on any atom is 0.269 e. The van der Waals surface area contributed by atoms with Crippen LogP contribution in [-0.4, -0.2) is 31.5 Å². The van der Waals surface area contributed by atoms with Crippen LogP contribution in [0.25, 0.3) is 0 Å². The molecule has 1 aromatic carbocycles. The summed E-state index contributed by atoms with van der Waals surface area (Å²) in [5.41, 5.74) is 2.69. The summed E-state index contributed by atoms with van der Waals surface area (Å²) in [6.45, 7) is 3.10. The number of carbonyl (C=O) groups is 1. The maximum atomic E-state index is 11.9. The smallest absolute Gasteiger partial charge is 0.269 e. The van der Waals surface area contributed by atoms with Crippen molar-refractivity contribution in [2.45, 2.75) is 25.2 Å². The van der Waals surface area contributed by atoms with Crippen molar-refractivity contribution in [1.29, 1.82) is 0 Å². The van der Waals surface area contributed by atoms with E-state index in [0.29, 0.717) is 12.1 Å². The van der Waals surface area contributed by atoms with Gasteiger partial charge >= 0.3 is 0 Å². The minimum atomic E-state index is -3.92. The van der Waals surface area contributed by atoms with Gasteiger partial charge in [-0.2, -0.15) is 5.10 Å². The summed E-state index contributed by atoms with van der Waals surface area (Å²) in [6.07, 6.45) is 0.662. The van der Waals surface area contributed by atoms with E-state index in [1.807, 2.05) is 6.92 Å². The van der Waals surface area contributed by atoms with E-state index in [1.165, 1.54) is 0 Å². The number of hydrazone groups is 1. The second-order valence-electron chi connectivity index (χ2n) is 4.31. The van der Waals surface area contributed by atoms with Gasteiger partial charge in [0.15, 0.2) is 0 Å². The van der Waals surface area contributed by atoms with Gasteiger partial charge in [-0.25, -0.2) is 18.6 Å². The summed E-state index contributed by atoms with van der Waals surface area (Å²) < 4.78 is 25.9. The van der Waals surface area contributed by atoms with Crippen molar-refractivity contribution >= 4 is 27.3 Å². The highest BCUT2D eigenvalue weighted by molar-refractivity contribution is 7.89. The number of carbonyl (C=O) groups excluding carboxylic acids is 1. The van der Waals surface area contributed by atoms with Gasteiger partial charge in [0.2, 0.25) is 10.0 Å². The molecule has 0 saturated heterocycles. The number of non-ortho nitro benzene ring substituents is 1. The number of nitro benzene ring substituents is 1. The van der Waals surface area contributed by atoms with E-state index in [0.717, 1.165) is 24.3 Å². The first kappa shape index (κ1) is 17.7. The van der Waals surface area contributed by atoms with E-state index in [4.69, 9.17) is 0 Å². The molecule has 0 aliphatic carbocycles. The Morgan fingerprint density at radius 1 is 1.32 bits per heavy atom. The zero-order valence-corrected chi connectivity index (χ0v) is 12.9. The van der Waals surface area contributed by atoms with Crippen molar-refractivity contribution in [3.8, 4) is 0 Å². The van der Waals surface area contributed by atoms with Gasteiger partial charge in [0.1, 0.15) is 0 Å². The molecule has 0 aliphatic heterocycles. The van der Waals surface area contributed by atoms with E-state index in [9.17, 15) is 23.3 Å². The van der Waals surface area contributed by atoms with Gasteiger partial charge < -0.3 is 0 Å². The van der Waals surface area contributed by atoms with Gasteiger partial charge in [-0.05, 0) is 25.5 Å². The molecule has 22 heavy (non-hydrogen) atoms. The van der Waals surface area contributed by atoms with Gasteiger partial charge in [-0.3, -0.25) is 14.9 Å². The van der Waals surface area contributed by atoms with Crippen molar-refractivity contribution in [3.63, 3.8) is 0 Å². The summed E-state index contributed by atoms with van der Waals surface area (Å²) in [7, 11) is -3.92. The van der Waals surface area contributed by atoms with Crippen LogP contribution >= 0.6 is 0 Å². The molecule has 0 radical (unpaired) electrons. The topological polar surface area (TPSA) is 131 Å². The molecule has 0 bridgehead atoms. The Balaban J connectivity index is 2.68. The Hall–Kier alpha value is -2.33. The molecule has 1 aromatic rings. The van der Waals surface area contributed by atoms with Crippen molar-refractivity contribution in [3.05, 3.63) is 34.4 Å². The molecule has 0 heterocycles. The second-order valence-corrected chi connectivity index (χ2v) is 6.08. The molecule has 2 N–H and O–H groups in total. The van der Waals surface area contributed by atoms with Crippen molar-refractivity contribution in [2.75, 3.05) is 6.54 Å². The number of benzene rings is 1. The minimum Gasteiger partial charge on any atom is -0.272 e. The van der Waals surface area contributed by atoms with Gasteiger partial charge in [-0.1, -0.05) is 6.92 Å². The monoisotopic (exact) mass is 328 g/mol. The quantitative estimate of drug-likeness (QED) is 0.434. The Morgan fingerprint density at radius 3 is 2.41 bits per heavy atom. The summed E-state index contributed by atoms with van der Waals surface area (Å²) in [6, 6.07) is 4.34. The third-order valence-corrected chi connectivity index (χ3v) is 4.08. The first-order valence-corrected chi connectivity index (χ1v) is 7.80. The molecule has 0 fully saturated rings. The third kappa shape index (κ3) is 5.22. The highest BCUT2D eigenvalue weighted by Gasteiger charge is 2.16. The van der Waals surface area contributed by atoms with Crippen LogP contribution in [0.4, 0.5) is 5.69 Å². The van der Waals surface area contributed by atoms with E-state index < -0.39 is 27.4 Å². The van der Waals surface area contributed by atoms with E-state index >= 15 is 0 Å². The molecule has 0 spiro atoms. The fourth-order valence-electron chi connectivity index (χ4n) is 1.27. The van der Waals surface area contributed by atoms with E-state index in [1.54, 1.807) is 6.92 Å². The molecule has 120 valence electrons. The normalized spacial score (nSPS) is 12.0. The SMILES string of the molecule is CCC(C)=NNC(=O)CNS(=O)(=O)c1ccc([N+](=O)[O-])cc1. The van der Waals surface area contributed by atoms with Crippen molar-refractivity contribution < 1.29 is 18.1 Å². The number of rotatable bonds is 7. The molecule has 0 unspecified atom stereocenters. The second kappa shape index (κ2) is 7.61. The number of nitrogens with one attached hydrogen (secondary N) is 2. The van der Waals surface area contributed by atoms with E-state index in [2.05, 4.69) is 15.2 Å². The van der Waals surface area contributed by atoms with Crippen molar-refractivity contribution in [2.24, 2.45) is 5.10 Å². The number of hydrogen-bond donors (Lipinski definition) is 2. The minimum absolute atomic E-state index is 0.167. The molecule has 0 aromatic heterocycles. The summed E-state index contributed by atoms with van der Waals surface area (Å²) in [5.74, 6) is -0.613. The Morgan fingerprint density at radius 2 is 1.91 bits per heavy atom. The Labute approximate surface area is 127 Å². The first-order chi connectivity index (χ1) is 10.3. The van der Waals surface area contributed by atoms with Crippen molar-refractivity contribution in [1.82, 2.24) is 10.1 Å². The first-order valence-electron chi connectivity index (χ1n) is 6.32. The molecule has 1 rings (SSSR count). The summed E-state index contributed by atoms with van der Waals surface area (Å²) in [4.78, 5) is 21.2. The number of nitro groups is 1. The molecule has 0 saturated carbocycles. The number of hydrogen-bond acceptors (Lipinski definition) is 6. The van der Waals surface area contributed by atoms with Crippen LogP contribution in [0, 0.1) is 10.1 Å².